The molecule has 0 aliphatic carbocycles. The zero-order valence-electron chi connectivity index (χ0n) is 17.0. The molecule has 2 rings (SSSR count). The number of para-hydroxylation sites is 1. The minimum atomic E-state index is -0.379. The van der Waals surface area contributed by atoms with Crippen LogP contribution in [-0.2, 0) is 4.79 Å². The molecule has 0 radical (unpaired) electrons. The minimum absolute atomic E-state index is 0.0724. The first kappa shape index (κ1) is 20.8. The zero-order valence-corrected chi connectivity index (χ0v) is 17.0. The predicted molar refractivity (Wildman–Crippen MR) is 110 cm³/mol. The van der Waals surface area contributed by atoms with Crippen LogP contribution >= 0.6 is 0 Å². The summed E-state index contributed by atoms with van der Waals surface area (Å²) in [6, 6.07) is 13.1. The van der Waals surface area contributed by atoms with Crippen molar-refractivity contribution in [1.29, 1.82) is 0 Å². The van der Waals surface area contributed by atoms with Gasteiger partial charge in [-0.3, -0.25) is 10.1 Å². The fourth-order valence-electron chi connectivity index (χ4n) is 3.07. The maximum absolute atomic E-state index is 12.7. The van der Waals surface area contributed by atoms with E-state index in [1.54, 1.807) is 14.2 Å². The summed E-state index contributed by atoms with van der Waals surface area (Å²) in [7, 11) is 3.27. The molecule has 0 fully saturated rings. The lowest BCUT2D eigenvalue weighted by molar-refractivity contribution is -0.117. The van der Waals surface area contributed by atoms with Gasteiger partial charge in [0, 0.05) is 17.3 Å². The van der Waals surface area contributed by atoms with Crippen LogP contribution < -0.4 is 20.1 Å². The molecule has 1 amide bonds. The molecule has 2 aromatic rings. The van der Waals surface area contributed by atoms with Gasteiger partial charge in [0.2, 0.25) is 5.91 Å². The van der Waals surface area contributed by atoms with Crippen molar-refractivity contribution in [2.75, 3.05) is 19.5 Å². The van der Waals surface area contributed by atoms with Crippen molar-refractivity contribution in [3.63, 3.8) is 0 Å². The molecule has 5 heteroatoms. The average Bonchev–Trinajstić information content (AvgIpc) is 2.67. The van der Waals surface area contributed by atoms with Crippen LogP contribution in [0.25, 0.3) is 0 Å². The smallest absolute Gasteiger partial charge is 0.241 e. The van der Waals surface area contributed by atoms with Crippen molar-refractivity contribution >= 4 is 11.6 Å². The molecular formula is C22H30N2O3. The number of ether oxygens (including phenoxy) is 2. The third kappa shape index (κ3) is 5.23. The molecule has 146 valence electrons. The van der Waals surface area contributed by atoms with E-state index in [-0.39, 0.29) is 18.0 Å². The highest BCUT2D eigenvalue weighted by Gasteiger charge is 2.20. The van der Waals surface area contributed by atoms with Gasteiger partial charge < -0.3 is 14.8 Å². The molecule has 0 aromatic heterocycles. The van der Waals surface area contributed by atoms with E-state index in [4.69, 9.17) is 9.47 Å². The van der Waals surface area contributed by atoms with Gasteiger partial charge in [0.1, 0.15) is 11.5 Å². The molecule has 0 saturated heterocycles. The van der Waals surface area contributed by atoms with Gasteiger partial charge >= 0.3 is 0 Å². The van der Waals surface area contributed by atoms with Crippen molar-refractivity contribution in [3.05, 3.63) is 53.6 Å². The molecule has 5 nitrogen and oxygen atoms in total. The van der Waals surface area contributed by atoms with E-state index in [2.05, 4.69) is 24.5 Å². The lowest BCUT2D eigenvalue weighted by Crippen LogP contribution is -2.39. The Morgan fingerprint density at radius 2 is 1.63 bits per heavy atom. The van der Waals surface area contributed by atoms with Gasteiger partial charge in [-0.2, -0.15) is 0 Å². The zero-order chi connectivity index (χ0) is 20.0. The summed E-state index contributed by atoms with van der Waals surface area (Å²) in [5, 5.41) is 6.39. The number of anilines is 1. The third-order valence-electron chi connectivity index (χ3n) is 4.64. The van der Waals surface area contributed by atoms with E-state index in [9.17, 15) is 4.79 Å². The molecule has 0 bridgehead atoms. The molecule has 0 spiro atoms. The largest absolute Gasteiger partial charge is 0.497 e. The first-order valence-electron chi connectivity index (χ1n) is 9.25. The Morgan fingerprint density at radius 1 is 0.926 bits per heavy atom. The highest BCUT2D eigenvalue weighted by Crippen LogP contribution is 2.29. The van der Waals surface area contributed by atoms with Crippen molar-refractivity contribution in [1.82, 2.24) is 5.32 Å². The predicted octanol–water partition coefficient (Wildman–Crippen LogP) is 4.51. The summed E-state index contributed by atoms with van der Waals surface area (Å²) >= 11 is 0. The summed E-state index contributed by atoms with van der Waals surface area (Å²) < 4.78 is 10.8. The number of amides is 1. The molecule has 0 saturated carbocycles. The third-order valence-corrected chi connectivity index (χ3v) is 4.64. The molecule has 2 atom stereocenters. The van der Waals surface area contributed by atoms with Crippen LogP contribution in [0, 0.1) is 0 Å². The number of rotatable bonds is 8. The van der Waals surface area contributed by atoms with Gasteiger partial charge in [-0.25, -0.2) is 0 Å². The van der Waals surface area contributed by atoms with Gasteiger partial charge in [-0.05, 0) is 49.6 Å². The summed E-state index contributed by atoms with van der Waals surface area (Å²) in [5.41, 5.74) is 2.93. The van der Waals surface area contributed by atoms with Gasteiger partial charge in [0.05, 0.1) is 20.3 Å². The summed E-state index contributed by atoms with van der Waals surface area (Å²) in [6.07, 6.45) is 0. The molecule has 0 heterocycles. The number of methoxy groups -OCH3 is 2. The van der Waals surface area contributed by atoms with Crippen molar-refractivity contribution in [2.24, 2.45) is 0 Å². The lowest BCUT2D eigenvalue weighted by Gasteiger charge is -2.23. The fraction of sp³-hybridized carbons (Fsp3) is 0.409. The highest BCUT2D eigenvalue weighted by molar-refractivity contribution is 5.95. The highest BCUT2D eigenvalue weighted by atomic mass is 16.5. The van der Waals surface area contributed by atoms with E-state index in [0.29, 0.717) is 5.92 Å². The molecule has 0 aliphatic heterocycles. The maximum Gasteiger partial charge on any atom is 0.241 e. The standard InChI is InChI=1S/C22H30N2O3/c1-14(2)18-9-7-8-10-20(18)24-22(25)16(4)23-15(3)19-13-17(26-5)11-12-21(19)27-6/h7-16,23H,1-6H3,(H,24,25). The minimum Gasteiger partial charge on any atom is -0.497 e. The Bertz CT molecular complexity index is 774. The van der Waals surface area contributed by atoms with E-state index < -0.39 is 0 Å². The van der Waals surface area contributed by atoms with Crippen molar-refractivity contribution < 1.29 is 14.3 Å². The van der Waals surface area contributed by atoms with E-state index in [1.807, 2.05) is 56.3 Å². The van der Waals surface area contributed by atoms with Crippen LogP contribution in [-0.4, -0.2) is 26.2 Å². The van der Waals surface area contributed by atoms with Gasteiger partial charge in [-0.15, -0.1) is 0 Å². The Hall–Kier alpha value is -2.53. The van der Waals surface area contributed by atoms with E-state index in [0.717, 1.165) is 28.3 Å². The SMILES string of the molecule is COc1ccc(OC)c(C(C)NC(C)C(=O)Nc2ccccc2C(C)C)c1. The van der Waals surface area contributed by atoms with Crippen molar-refractivity contribution in [3.8, 4) is 11.5 Å². The van der Waals surface area contributed by atoms with Crippen LogP contribution in [0.4, 0.5) is 5.69 Å². The fourth-order valence-corrected chi connectivity index (χ4v) is 3.07. The topological polar surface area (TPSA) is 59.6 Å². The van der Waals surface area contributed by atoms with Gasteiger partial charge in [0.15, 0.2) is 0 Å². The summed E-state index contributed by atoms with van der Waals surface area (Å²) in [4.78, 5) is 12.7. The number of carbonyl (C=O) groups is 1. The summed E-state index contributed by atoms with van der Waals surface area (Å²) in [5.74, 6) is 1.78. The first-order valence-corrected chi connectivity index (χ1v) is 9.25. The Balaban J connectivity index is 2.10. The lowest BCUT2D eigenvalue weighted by atomic mass is 10.0. The second-order valence-electron chi connectivity index (χ2n) is 6.95. The molecular weight excluding hydrogens is 340 g/mol. The number of nitrogens with one attached hydrogen (secondary N) is 2. The number of carbonyl (C=O) groups excluding carboxylic acids is 1. The van der Waals surface area contributed by atoms with Crippen LogP contribution in [0.5, 0.6) is 11.5 Å². The Morgan fingerprint density at radius 3 is 2.26 bits per heavy atom. The Kier molecular flexibility index (Phi) is 7.25. The van der Waals surface area contributed by atoms with Crippen LogP contribution in [0.15, 0.2) is 42.5 Å². The molecule has 2 aromatic carbocycles. The number of benzene rings is 2. The quantitative estimate of drug-likeness (QED) is 0.718. The second-order valence-corrected chi connectivity index (χ2v) is 6.95. The maximum atomic E-state index is 12.7. The normalized spacial score (nSPS) is 13.1. The molecule has 27 heavy (non-hydrogen) atoms. The Labute approximate surface area is 162 Å². The van der Waals surface area contributed by atoms with E-state index in [1.165, 1.54) is 0 Å². The monoisotopic (exact) mass is 370 g/mol. The first-order chi connectivity index (χ1) is 12.9. The number of hydrogen-bond acceptors (Lipinski definition) is 4. The van der Waals surface area contributed by atoms with Crippen LogP contribution in [0.1, 0.15) is 50.8 Å². The number of hydrogen-bond donors (Lipinski definition) is 2. The van der Waals surface area contributed by atoms with Crippen LogP contribution in [0.3, 0.4) is 0 Å². The second kappa shape index (κ2) is 9.42. The van der Waals surface area contributed by atoms with E-state index >= 15 is 0 Å². The molecule has 2 unspecified atom stereocenters. The molecule has 2 N–H and O–H groups in total. The molecule has 0 aliphatic rings. The average molecular weight is 370 g/mol. The van der Waals surface area contributed by atoms with Crippen LogP contribution in [0.2, 0.25) is 0 Å². The van der Waals surface area contributed by atoms with Gasteiger partial charge in [-0.1, -0.05) is 32.0 Å². The van der Waals surface area contributed by atoms with Gasteiger partial charge in [0.25, 0.3) is 0 Å². The van der Waals surface area contributed by atoms with Crippen molar-refractivity contribution in [2.45, 2.75) is 45.7 Å². The summed E-state index contributed by atoms with van der Waals surface area (Å²) in [6.45, 7) is 8.09.